The first-order chi connectivity index (χ1) is 8.60. The van der Waals surface area contributed by atoms with Crippen LogP contribution >= 0.6 is 35.0 Å². The van der Waals surface area contributed by atoms with Crippen molar-refractivity contribution in [3.63, 3.8) is 0 Å². The Morgan fingerprint density at radius 1 is 1.00 bits per heavy atom. The van der Waals surface area contributed by atoms with Crippen molar-refractivity contribution in [3.8, 4) is 11.5 Å². The van der Waals surface area contributed by atoms with Crippen molar-refractivity contribution >= 4 is 40.7 Å². The van der Waals surface area contributed by atoms with E-state index in [1.807, 2.05) is 25.1 Å². The van der Waals surface area contributed by atoms with Gasteiger partial charge in [-0.05, 0) is 48.9 Å². The topological polar surface area (TPSA) is 21.3 Å². The summed E-state index contributed by atoms with van der Waals surface area (Å²) < 4.78 is 5.73. The summed E-state index contributed by atoms with van der Waals surface area (Å²) in [6.45, 7) is 1.93. The molecule has 1 N–H and O–H groups in total. The molecule has 2 nitrogen and oxygen atoms in total. The van der Waals surface area contributed by atoms with Crippen LogP contribution in [0.15, 0.2) is 36.4 Å². The minimum absolute atomic E-state index is 0.474. The van der Waals surface area contributed by atoms with E-state index in [1.54, 1.807) is 18.2 Å². The predicted octanol–water partition coefficient (Wildman–Crippen LogP) is 5.66. The fourth-order valence-corrected chi connectivity index (χ4v) is 2.06. The first kappa shape index (κ1) is 13.3. The summed E-state index contributed by atoms with van der Waals surface area (Å²) >= 11 is 17.4. The van der Waals surface area contributed by atoms with Crippen molar-refractivity contribution in [2.75, 3.05) is 4.84 Å². The van der Waals surface area contributed by atoms with Crippen LogP contribution in [0.3, 0.4) is 0 Å². The highest BCUT2D eigenvalue weighted by atomic mass is 35.5. The Hall–Kier alpha value is -1.09. The lowest BCUT2D eigenvalue weighted by atomic mass is 10.2. The molecule has 0 bridgehead atoms. The Balaban J connectivity index is 2.28. The lowest BCUT2D eigenvalue weighted by Crippen LogP contribution is -1.90. The van der Waals surface area contributed by atoms with Crippen LogP contribution in [-0.4, -0.2) is 0 Å². The third-order valence-corrected chi connectivity index (χ3v) is 3.15. The molecule has 0 spiro atoms. The van der Waals surface area contributed by atoms with Crippen molar-refractivity contribution < 1.29 is 4.74 Å². The summed E-state index contributed by atoms with van der Waals surface area (Å²) in [5.74, 6) is 1.28. The lowest BCUT2D eigenvalue weighted by Gasteiger charge is -2.11. The van der Waals surface area contributed by atoms with Gasteiger partial charge in [-0.25, -0.2) is 0 Å². The maximum absolute atomic E-state index is 6.05. The molecule has 0 radical (unpaired) electrons. The first-order valence-electron chi connectivity index (χ1n) is 5.20. The molecular formula is C13H10Cl3NO. The van der Waals surface area contributed by atoms with Gasteiger partial charge in [0.2, 0.25) is 0 Å². The molecule has 0 aliphatic carbocycles. The molecule has 0 heterocycles. The van der Waals surface area contributed by atoms with Crippen LogP contribution in [-0.2, 0) is 0 Å². The number of hydrogen-bond donors (Lipinski definition) is 1. The fraction of sp³-hybridized carbons (Fsp3) is 0.0769. The second-order valence-corrected chi connectivity index (χ2v) is 4.78. The van der Waals surface area contributed by atoms with E-state index in [1.165, 1.54) is 0 Å². The van der Waals surface area contributed by atoms with E-state index in [0.29, 0.717) is 15.8 Å². The van der Waals surface area contributed by atoms with Gasteiger partial charge in [0.1, 0.15) is 11.5 Å². The van der Waals surface area contributed by atoms with E-state index < -0.39 is 0 Å². The Morgan fingerprint density at radius 3 is 2.33 bits per heavy atom. The average molecular weight is 303 g/mol. The van der Waals surface area contributed by atoms with Gasteiger partial charge in [-0.1, -0.05) is 23.2 Å². The second-order valence-electron chi connectivity index (χ2n) is 3.75. The van der Waals surface area contributed by atoms with Crippen molar-refractivity contribution in [2.24, 2.45) is 0 Å². The molecule has 5 heteroatoms. The highest BCUT2D eigenvalue weighted by molar-refractivity contribution is 6.35. The van der Waals surface area contributed by atoms with E-state index in [4.69, 9.17) is 39.7 Å². The zero-order chi connectivity index (χ0) is 13.1. The maximum Gasteiger partial charge on any atom is 0.146 e. The molecule has 0 fully saturated rings. The summed E-state index contributed by atoms with van der Waals surface area (Å²) in [4.78, 5) is 2.55. The molecule has 94 valence electrons. The number of hydrogen-bond acceptors (Lipinski definition) is 2. The Bertz CT molecular complexity index is 572. The molecule has 2 aromatic rings. The predicted molar refractivity (Wildman–Crippen MR) is 77.2 cm³/mol. The van der Waals surface area contributed by atoms with Gasteiger partial charge in [0.15, 0.2) is 0 Å². The van der Waals surface area contributed by atoms with Crippen molar-refractivity contribution in [1.82, 2.24) is 0 Å². The molecule has 0 unspecified atom stereocenters. The van der Waals surface area contributed by atoms with Gasteiger partial charge in [-0.2, -0.15) is 0 Å². The summed E-state index contributed by atoms with van der Waals surface area (Å²) in [6.07, 6.45) is 0. The number of benzene rings is 2. The minimum atomic E-state index is 0.474. The summed E-state index contributed by atoms with van der Waals surface area (Å²) in [5.41, 5.74) is 1.76. The molecule has 0 saturated heterocycles. The third kappa shape index (κ3) is 3.02. The molecule has 0 aromatic heterocycles. The van der Waals surface area contributed by atoms with E-state index in [9.17, 15) is 0 Å². The Kier molecular flexibility index (Phi) is 4.23. The van der Waals surface area contributed by atoms with Crippen LogP contribution < -0.4 is 9.57 Å². The molecule has 18 heavy (non-hydrogen) atoms. The van der Waals surface area contributed by atoms with Crippen molar-refractivity contribution in [1.29, 1.82) is 0 Å². The summed E-state index contributed by atoms with van der Waals surface area (Å²) in [6, 6.07) is 10.6. The molecule has 0 amide bonds. The van der Waals surface area contributed by atoms with E-state index >= 15 is 0 Å². The number of ether oxygens (including phenoxy) is 1. The Morgan fingerprint density at radius 2 is 1.72 bits per heavy atom. The van der Waals surface area contributed by atoms with Gasteiger partial charge < -0.3 is 4.74 Å². The molecule has 0 saturated carbocycles. The van der Waals surface area contributed by atoms with Crippen LogP contribution in [0.2, 0.25) is 10.0 Å². The van der Waals surface area contributed by atoms with E-state index in [2.05, 4.69) is 4.84 Å². The second kappa shape index (κ2) is 5.70. The number of rotatable bonds is 3. The van der Waals surface area contributed by atoms with Gasteiger partial charge in [0.05, 0.1) is 5.02 Å². The van der Waals surface area contributed by atoms with Gasteiger partial charge in [-0.15, -0.1) is 0 Å². The molecule has 0 aliphatic rings. The first-order valence-corrected chi connectivity index (χ1v) is 6.34. The summed E-state index contributed by atoms with van der Waals surface area (Å²) in [5, 5.41) is 1.05. The fourth-order valence-electron chi connectivity index (χ4n) is 1.50. The molecule has 2 aromatic carbocycles. The standard InChI is InChI=1S/C13H10Cl3NO/c1-8-6-10(17-16)3-5-12(8)18-13-4-2-9(14)7-11(13)15/h2-7,17H,1H3. The Labute approximate surface area is 121 Å². The number of aryl methyl sites for hydroxylation is 1. The molecule has 0 aliphatic heterocycles. The molecular weight excluding hydrogens is 293 g/mol. The van der Waals surface area contributed by atoms with Crippen LogP contribution in [0, 0.1) is 6.92 Å². The van der Waals surface area contributed by atoms with Crippen molar-refractivity contribution in [3.05, 3.63) is 52.0 Å². The maximum atomic E-state index is 6.05. The van der Waals surface area contributed by atoms with Crippen LogP contribution in [0.25, 0.3) is 0 Å². The van der Waals surface area contributed by atoms with Crippen molar-refractivity contribution in [2.45, 2.75) is 6.92 Å². The van der Waals surface area contributed by atoms with Crippen LogP contribution in [0.1, 0.15) is 5.56 Å². The summed E-state index contributed by atoms with van der Waals surface area (Å²) in [7, 11) is 0. The van der Waals surface area contributed by atoms with Gasteiger partial charge >= 0.3 is 0 Å². The normalized spacial score (nSPS) is 10.2. The van der Waals surface area contributed by atoms with E-state index in [0.717, 1.165) is 17.0 Å². The third-order valence-electron chi connectivity index (χ3n) is 2.40. The highest BCUT2D eigenvalue weighted by Gasteiger charge is 2.06. The van der Waals surface area contributed by atoms with Gasteiger partial charge in [0, 0.05) is 22.5 Å². The number of nitrogens with one attached hydrogen (secondary N) is 1. The monoisotopic (exact) mass is 301 g/mol. The lowest BCUT2D eigenvalue weighted by molar-refractivity contribution is 0.479. The zero-order valence-corrected chi connectivity index (χ0v) is 11.8. The van der Waals surface area contributed by atoms with Crippen LogP contribution in [0.5, 0.6) is 11.5 Å². The molecule has 2 rings (SSSR count). The van der Waals surface area contributed by atoms with Gasteiger partial charge in [-0.3, -0.25) is 4.84 Å². The largest absolute Gasteiger partial charge is 0.456 e. The number of anilines is 1. The average Bonchev–Trinajstić information content (AvgIpc) is 2.34. The van der Waals surface area contributed by atoms with Crippen LogP contribution in [0.4, 0.5) is 5.69 Å². The van der Waals surface area contributed by atoms with Gasteiger partial charge in [0.25, 0.3) is 0 Å². The van der Waals surface area contributed by atoms with E-state index in [-0.39, 0.29) is 0 Å². The molecule has 0 atom stereocenters. The minimum Gasteiger partial charge on any atom is -0.456 e. The number of halogens is 3. The zero-order valence-electron chi connectivity index (χ0n) is 9.51. The highest BCUT2D eigenvalue weighted by Crippen LogP contribution is 2.33. The quantitative estimate of drug-likeness (QED) is 0.739. The smallest absolute Gasteiger partial charge is 0.146 e. The SMILES string of the molecule is Cc1cc(NCl)ccc1Oc1ccc(Cl)cc1Cl.